The lowest BCUT2D eigenvalue weighted by molar-refractivity contribution is 0.0699. The first-order chi connectivity index (χ1) is 9.58. The van der Waals surface area contributed by atoms with Gasteiger partial charge in [0.15, 0.2) is 5.82 Å². The number of hydrogen-bond acceptors (Lipinski definition) is 2. The molecular formula is C15H10FNO3. The monoisotopic (exact) mass is 271 g/mol. The molecule has 2 N–H and O–H groups in total. The number of fused-ring (bicyclic) bond motifs is 1. The maximum atomic E-state index is 13.9. The highest BCUT2D eigenvalue weighted by Gasteiger charge is 2.16. The fourth-order valence-electron chi connectivity index (χ4n) is 2.24. The second-order valence-electron chi connectivity index (χ2n) is 4.37. The van der Waals surface area contributed by atoms with Gasteiger partial charge in [0.25, 0.3) is 0 Å². The summed E-state index contributed by atoms with van der Waals surface area (Å²) in [4.78, 5) is 11.3. The molecule has 0 spiro atoms. The van der Waals surface area contributed by atoms with Crippen LogP contribution in [0.1, 0.15) is 10.4 Å². The van der Waals surface area contributed by atoms with Crippen molar-refractivity contribution in [2.75, 3.05) is 0 Å². The van der Waals surface area contributed by atoms with E-state index >= 15 is 0 Å². The van der Waals surface area contributed by atoms with Gasteiger partial charge >= 0.3 is 5.97 Å². The van der Waals surface area contributed by atoms with Crippen molar-refractivity contribution in [3.05, 3.63) is 60.0 Å². The molecule has 4 nitrogen and oxygen atoms in total. The molecule has 1 heterocycles. The van der Waals surface area contributed by atoms with E-state index in [1.807, 2.05) is 0 Å². The summed E-state index contributed by atoms with van der Waals surface area (Å²) >= 11 is 0. The summed E-state index contributed by atoms with van der Waals surface area (Å²) in [6.45, 7) is 0. The number of aromatic carboxylic acids is 1. The maximum absolute atomic E-state index is 13.9. The lowest BCUT2D eigenvalue weighted by Gasteiger charge is -2.06. The number of aromatic nitrogens is 1. The van der Waals surface area contributed by atoms with Gasteiger partial charge in [0.1, 0.15) is 5.75 Å². The summed E-state index contributed by atoms with van der Waals surface area (Å²) in [5.41, 5.74) is 0.883. The van der Waals surface area contributed by atoms with Gasteiger partial charge in [0, 0.05) is 17.6 Å². The van der Waals surface area contributed by atoms with Crippen molar-refractivity contribution in [2.45, 2.75) is 0 Å². The molecule has 0 unspecified atom stereocenters. The van der Waals surface area contributed by atoms with Crippen LogP contribution in [-0.4, -0.2) is 20.7 Å². The summed E-state index contributed by atoms with van der Waals surface area (Å²) in [5.74, 6) is -1.87. The van der Waals surface area contributed by atoms with Crippen molar-refractivity contribution in [1.29, 1.82) is 0 Å². The van der Waals surface area contributed by atoms with Crippen molar-refractivity contribution in [3.63, 3.8) is 0 Å². The topological polar surface area (TPSA) is 62.5 Å². The average molecular weight is 271 g/mol. The third kappa shape index (κ3) is 1.80. The van der Waals surface area contributed by atoms with Gasteiger partial charge in [-0.2, -0.15) is 0 Å². The lowest BCUT2D eigenvalue weighted by atomic mass is 10.2. The highest BCUT2D eigenvalue weighted by Crippen LogP contribution is 2.27. The van der Waals surface area contributed by atoms with Crippen LogP contribution in [0.15, 0.2) is 48.7 Å². The van der Waals surface area contributed by atoms with Crippen LogP contribution in [0, 0.1) is 5.82 Å². The van der Waals surface area contributed by atoms with Crippen LogP contribution in [0.3, 0.4) is 0 Å². The van der Waals surface area contributed by atoms with Crippen LogP contribution >= 0.6 is 0 Å². The number of aromatic hydroxyl groups is 1. The molecule has 100 valence electrons. The molecular weight excluding hydrogens is 261 g/mol. The Kier molecular flexibility index (Phi) is 2.68. The van der Waals surface area contributed by atoms with Gasteiger partial charge < -0.3 is 14.8 Å². The zero-order chi connectivity index (χ0) is 14.3. The van der Waals surface area contributed by atoms with E-state index in [2.05, 4.69) is 0 Å². The fourth-order valence-corrected chi connectivity index (χ4v) is 2.24. The molecule has 0 fully saturated rings. The third-order valence-corrected chi connectivity index (χ3v) is 3.13. The number of carbonyl (C=O) groups is 1. The second kappa shape index (κ2) is 4.38. The van der Waals surface area contributed by atoms with E-state index in [-0.39, 0.29) is 17.0 Å². The number of hydrogen-bond donors (Lipinski definition) is 2. The minimum absolute atomic E-state index is 0.105. The van der Waals surface area contributed by atoms with Crippen LogP contribution in [0.25, 0.3) is 16.6 Å². The number of carboxylic acids is 1. The molecule has 0 bridgehead atoms. The fraction of sp³-hybridized carbons (Fsp3) is 0. The number of rotatable bonds is 2. The number of phenolic OH excluding ortho intramolecular Hbond substituents is 1. The van der Waals surface area contributed by atoms with E-state index in [9.17, 15) is 19.4 Å². The van der Waals surface area contributed by atoms with Crippen LogP contribution in [0.5, 0.6) is 5.75 Å². The van der Waals surface area contributed by atoms with Gasteiger partial charge in [-0.1, -0.05) is 18.2 Å². The van der Waals surface area contributed by atoms with Crippen LogP contribution in [-0.2, 0) is 0 Å². The Bertz CT molecular complexity index is 823. The van der Waals surface area contributed by atoms with Crippen LogP contribution in [0.4, 0.5) is 4.39 Å². The molecule has 0 aliphatic carbocycles. The molecule has 0 saturated heterocycles. The summed E-state index contributed by atoms with van der Waals surface area (Å²) in [5, 5.41) is 19.0. The van der Waals surface area contributed by atoms with Crippen molar-refractivity contribution < 1.29 is 19.4 Å². The first kappa shape index (κ1) is 12.2. The standard InChI is InChI=1S/C15H10FNO3/c16-12-7-9(18)5-6-14(12)17-8-11(15(19)20)10-3-1-2-4-13(10)17/h1-8,18H,(H,19,20). The molecule has 0 aliphatic rings. The molecule has 0 radical (unpaired) electrons. The van der Waals surface area contributed by atoms with Crippen molar-refractivity contribution >= 4 is 16.9 Å². The van der Waals surface area contributed by atoms with Crippen LogP contribution in [0.2, 0.25) is 0 Å². The lowest BCUT2D eigenvalue weighted by Crippen LogP contribution is -1.97. The van der Waals surface area contributed by atoms with E-state index in [0.29, 0.717) is 10.9 Å². The molecule has 2 aromatic carbocycles. The minimum Gasteiger partial charge on any atom is -0.508 e. The Labute approximate surface area is 113 Å². The molecule has 0 aliphatic heterocycles. The predicted molar refractivity (Wildman–Crippen MR) is 71.9 cm³/mol. The van der Waals surface area contributed by atoms with Crippen molar-refractivity contribution in [1.82, 2.24) is 4.57 Å². The number of phenols is 1. The molecule has 3 aromatic rings. The maximum Gasteiger partial charge on any atom is 0.337 e. The smallest absolute Gasteiger partial charge is 0.337 e. The highest BCUT2D eigenvalue weighted by atomic mass is 19.1. The first-order valence-electron chi connectivity index (χ1n) is 5.90. The largest absolute Gasteiger partial charge is 0.508 e. The SMILES string of the molecule is O=C(O)c1cn(-c2ccc(O)cc2F)c2ccccc12. The highest BCUT2D eigenvalue weighted by molar-refractivity contribution is 6.04. The third-order valence-electron chi connectivity index (χ3n) is 3.13. The number of para-hydroxylation sites is 1. The van der Waals surface area contributed by atoms with E-state index in [4.69, 9.17) is 0 Å². The van der Waals surface area contributed by atoms with E-state index in [0.717, 1.165) is 6.07 Å². The van der Waals surface area contributed by atoms with Gasteiger partial charge in [-0.05, 0) is 18.2 Å². The van der Waals surface area contributed by atoms with Gasteiger partial charge in [0.2, 0.25) is 0 Å². The zero-order valence-electron chi connectivity index (χ0n) is 10.2. The average Bonchev–Trinajstić information content (AvgIpc) is 2.78. The summed E-state index contributed by atoms with van der Waals surface area (Å²) < 4.78 is 15.4. The minimum atomic E-state index is -1.07. The quantitative estimate of drug-likeness (QED) is 0.752. The molecule has 3 rings (SSSR count). The first-order valence-corrected chi connectivity index (χ1v) is 5.90. The van der Waals surface area contributed by atoms with Gasteiger partial charge in [-0.25, -0.2) is 9.18 Å². The predicted octanol–water partition coefficient (Wildman–Crippen LogP) is 3.17. The summed E-state index contributed by atoms with van der Waals surface area (Å²) in [6.07, 6.45) is 1.38. The molecule has 5 heteroatoms. The molecule has 0 atom stereocenters. The Balaban J connectivity index is 2.34. The molecule has 0 saturated carbocycles. The van der Waals surface area contributed by atoms with Crippen LogP contribution < -0.4 is 0 Å². The van der Waals surface area contributed by atoms with E-state index in [1.165, 1.54) is 22.9 Å². The normalized spacial score (nSPS) is 10.8. The number of benzene rings is 2. The Morgan fingerprint density at radius 3 is 2.60 bits per heavy atom. The van der Waals surface area contributed by atoms with E-state index in [1.54, 1.807) is 24.3 Å². The number of halogens is 1. The van der Waals surface area contributed by atoms with Gasteiger partial charge in [-0.15, -0.1) is 0 Å². The summed E-state index contributed by atoms with van der Waals surface area (Å²) in [6, 6.07) is 10.6. The number of carboxylic acid groups (broad SMARTS) is 1. The number of nitrogens with zero attached hydrogens (tertiary/aromatic N) is 1. The van der Waals surface area contributed by atoms with E-state index < -0.39 is 11.8 Å². The molecule has 0 amide bonds. The van der Waals surface area contributed by atoms with Gasteiger partial charge in [0.05, 0.1) is 16.8 Å². The van der Waals surface area contributed by atoms with Gasteiger partial charge in [-0.3, -0.25) is 0 Å². The van der Waals surface area contributed by atoms with Crippen molar-refractivity contribution in [3.8, 4) is 11.4 Å². The van der Waals surface area contributed by atoms with Crippen molar-refractivity contribution in [2.24, 2.45) is 0 Å². The summed E-state index contributed by atoms with van der Waals surface area (Å²) in [7, 11) is 0. The Morgan fingerprint density at radius 1 is 1.15 bits per heavy atom. The second-order valence-corrected chi connectivity index (χ2v) is 4.37. The molecule has 20 heavy (non-hydrogen) atoms. The molecule has 1 aromatic heterocycles. The Morgan fingerprint density at radius 2 is 1.90 bits per heavy atom. The Hall–Kier alpha value is -2.82. The zero-order valence-corrected chi connectivity index (χ0v) is 10.2.